The molecular weight excluding hydrogens is 188 g/mol. The molecule has 1 aromatic heterocycles. The van der Waals surface area contributed by atoms with Crippen LogP contribution in [0.15, 0.2) is 17.4 Å². The molecule has 0 fully saturated rings. The van der Waals surface area contributed by atoms with Crippen molar-refractivity contribution in [3.63, 3.8) is 0 Å². The van der Waals surface area contributed by atoms with Gasteiger partial charge in [-0.2, -0.15) is 0 Å². The maximum Gasteiger partial charge on any atom is 0.146 e. The summed E-state index contributed by atoms with van der Waals surface area (Å²) in [5, 5.41) is 10.9. The number of halogens is 1. The lowest BCUT2D eigenvalue weighted by Gasteiger charge is -2.03. The number of aryl methyl sites for hydroxylation is 1. The fourth-order valence-electron chi connectivity index (χ4n) is 0.877. The molecule has 0 aliphatic heterocycles. The van der Waals surface area contributed by atoms with Crippen molar-refractivity contribution < 1.29 is 0 Å². The Kier molecular flexibility index (Phi) is 3.92. The maximum atomic E-state index is 5.51. The highest BCUT2D eigenvalue weighted by molar-refractivity contribution is 6.25. The Morgan fingerprint density at radius 1 is 1.77 bits per heavy atom. The van der Waals surface area contributed by atoms with Crippen molar-refractivity contribution in [1.82, 2.24) is 20.1 Å². The Labute approximate surface area is 82.6 Å². The molecule has 1 heterocycles. The minimum Gasteiger partial charge on any atom is -0.320 e. The first kappa shape index (κ1) is 10.2. The molecule has 0 aliphatic rings. The molecule has 13 heavy (non-hydrogen) atoms. The van der Waals surface area contributed by atoms with Crippen LogP contribution in [0, 0.1) is 0 Å². The number of hydrogen-bond acceptors (Lipinski definition) is 3. The van der Waals surface area contributed by atoms with E-state index >= 15 is 0 Å². The molecule has 0 spiro atoms. The van der Waals surface area contributed by atoms with Crippen molar-refractivity contribution in [2.75, 3.05) is 6.54 Å². The Hall–Kier alpha value is -0.870. The van der Waals surface area contributed by atoms with Crippen LogP contribution in [0.25, 0.3) is 0 Å². The van der Waals surface area contributed by atoms with Crippen molar-refractivity contribution in [3.8, 4) is 0 Å². The van der Waals surface area contributed by atoms with Gasteiger partial charge in [-0.25, -0.2) is 0 Å². The molecule has 72 valence electrons. The average Bonchev–Trinajstić information content (AvgIpc) is 2.52. The van der Waals surface area contributed by atoms with Crippen LogP contribution in [0.4, 0.5) is 0 Å². The van der Waals surface area contributed by atoms with Crippen molar-refractivity contribution in [1.29, 1.82) is 0 Å². The fourth-order valence-corrected chi connectivity index (χ4v) is 0.954. The lowest BCUT2D eigenvalue weighted by atomic mass is 10.3. The van der Waals surface area contributed by atoms with Crippen LogP contribution < -0.4 is 5.32 Å². The first-order valence-electron chi connectivity index (χ1n) is 4.03. The van der Waals surface area contributed by atoms with E-state index in [9.17, 15) is 0 Å². The number of nitrogens with zero attached hydrogens (tertiary/aromatic N) is 3. The number of aromatic nitrogens is 3. The van der Waals surface area contributed by atoms with Gasteiger partial charge in [-0.3, -0.25) is 0 Å². The number of hydrogen-bond donors (Lipinski definition) is 1. The summed E-state index contributed by atoms with van der Waals surface area (Å²) in [4.78, 5) is 0. The van der Waals surface area contributed by atoms with Gasteiger partial charge in [0.15, 0.2) is 0 Å². The normalized spacial score (nSPS) is 12.1. The van der Waals surface area contributed by atoms with Gasteiger partial charge in [-0.1, -0.05) is 11.6 Å². The summed E-state index contributed by atoms with van der Waals surface area (Å²) in [5.41, 5.74) is 2.67. The van der Waals surface area contributed by atoms with Crippen molar-refractivity contribution in [3.05, 3.63) is 23.3 Å². The first-order chi connectivity index (χ1) is 6.24. The zero-order valence-electron chi connectivity index (χ0n) is 7.79. The largest absolute Gasteiger partial charge is 0.320 e. The topological polar surface area (TPSA) is 42.7 Å². The molecule has 0 saturated heterocycles. The van der Waals surface area contributed by atoms with Crippen LogP contribution in [-0.2, 0) is 13.6 Å². The van der Waals surface area contributed by atoms with Gasteiger partial charge in [0.25, 0.3) is 0 Å². The zero-order chi connectivity index (χ0) is 9.68. The van der Waals surface area contributed by atoms with Gasteiger partial charge in [0.2, 0.25) is 0 Å². The molecule has 5 heteroatoms. The van der Waals surface area contributed by atoms with Crippen LogP contribution in [-0.4, -0.2) is 21.3 Å². The minimum atomic E-state index is 0.707. The van der Waals surface area contributed by atoms with Gasteiger partial charge < -0.3 is 9.88 Å². The van der Waals surface area contributed by atoms with E-state index in [0.29, 0.717) is 6.54 Å². The smallest absolute Gasteiger partial charge is 0.146 e. The molecule has 0 amide bonds. The van der Waals surface area contributed by atoms with Crippen LogP contribution in [0.5, 0.6) is 0 Å². The van der Waals surface area contributed by atoms with Gasteiger partial charge in [0, 0.05) is 19.1 Å². The van der Waals surface area contributed by atoms with E-state index in [-0.39, 0.29) is 0 Å². The van der Waals surface area contributed by atoms with Crippen molar-refractivity contribution in [2.24, 2.45) is 7.05 Å². The molecule has 0 aliphatic carbocycles. The van der Waals surface area contributed by atoms with Gasteiger partial charge in [0.1, 0.15) is 12.2 Å². The third-order valence-electron chi connectivity index (χ3n) is 1.68. The predicted octanol–water partition coefficient (Wildman–Crippen LogP) is 1.05. The van der Waals surface area contributed by atoms with Crippen LogP contribution in [0.3, 0.4) is 0 Å². The van der Waals surface area contributed by atoms with Crippen LogP contribution in [0.1, 0.15) is 12.7 Å². The van der Waals surface area contributed by atoms with Crippen molar-refractivity contribution >= 4 is 11.6 Å². The highest BCUT2D eigenvalue weighted by Gasteiger charge is 1.98. The quantitative estimate of drug-likeness (QED) is 0.790. The van der Waals surface area contributed by atoms with E-state index in [0.717, 1.165) is 17.9 Å². The summed E-state index contributed by atoms with van der Waals surface area (Å²) < 4.78 is 1.88. The van der Waals surface area contributed by atoms with Crippen LogP contribution in [0.2, 0.25) is 0 Å². The summed E-state index contributed by atoms with van der Waals surface area (Å²) in [7, 11) is 1.92. The SMILES string of the molecule is CC(=CCl)CNCc1nncn1C. The summed E-state index contributed by atoms with van der Waals surface area (Å²) in [5.74, 6) is 0.919. The zero-order valence-corrected chi connectivity index (χ0v) is 8.54. The summed E-state index contributed by atoms with van der Waals surface area (Å²) in [6.07, 6.45) is 1.68. The van der Waals surface area contributed by atoms with E-state index in [1.54, 1.807) is 11.9 Å². The molecular formula is C8H13ClN4. The molecule has 1 aromatic rings. The summed E-state index contributed by atoms with van der Waals surface area (Å²) >= 11 is 5.51. The monoisotopic (exact) mass is 200 g/mol. The van der Waals surface area contributed by atoms with Crippen LogP contribution >= 0.6 is 11.6 Å². The molecule has 0 unspecified atom stereocenters. The Bertz CT molecular complexity index is 292. The molecule has 1 N–H and O–H groups in total. The molecule has 0 saturated carbocycles. The highest BCUT2D eigenvalue weighted by Crippen LogP contribution is 1.94. The second-order valence-corrected chi connectivity index (χ2v) is 3.14. The number of rotatable bonds is 4. The van der Waals surface area contributed by atoms with Gasteiger partial charge in [0.05, 0.1) is 6.54 Å². The fraction of sp³-hybridized carbons (Fsp3) is 0.500. The first-order valence-corrected chi connectivity index (χ1v) is 4.47. The van der Waals surface area contributed by atoms with Gasteiger partial charge >= 0.3 is 0 Å². The van der Waals surface area contributed by atoms with E-state index in [4.69, 9.17) is 11.6 Å². The van der Waals surface area contributed by atoms with E-state index < -0.39 is 0 Å². The lowest BCUT2D eigenvalue weighted by Crippen LogP contribution is -2.17. The van der Waals surface area contributed by atoms with E-state index in [1.807, 2.05) is 18.5 Å². The molecule has 0 atom stereocenters. The Balaban J connectivity index is 2.32. The van der Waals surface area contributed by atoms with E-state index in [1.165, 1.54) is 0 Å². The van der Waals surface area contributed by atoms with E-state index in [2.05, 4.69) is 15.5 Å². The van der Waals surface area contributed by atoms with Crippen molar-refractivity contribution in [2.45, 2.75) is 13.5 Å². The van der Waals surface area contributed by atoms with Gasteiger partial charge in [-0.05, 0) is 12.5 Å². The average molecular weight is 201 g/mol. The standard InChI is InChI=1S/C8H13ClN4/c1-7(3-9)4-10-5-8-12-11-6-13(8)2/h3,6,10H,4-5H2,1-2H3. The minimum absolute atomic E-state index is 0.707. The third kappa shape index (κ3) is 3.16. The molecule has 0 radical (unpaired) electrons. The predicted molar refractivity (Wildman–Crippen MR) is 52.3 cm³/mol. The Morgan fingerprint density at radius 3 is 3.08 bits per heavy atom. The third-order valence-corrected chi connectivity index (χ3v) is 2.05. The lowest BCUT2D eigenvalue weighted by molar-refractivity contribution is 0.668. The van der Waals surface area contributed by atoms with Gasteiger partial charge in [-0.15, -0.1) is 10.2 Å². The summed E-state index contributed by atoms with van der Waals surface area (Å²) in [6.45, 7) is 3.45. The second kappa shape index (κ2) is 4.99. The highest BCUT2D eigenvalue weighted by atomic mass is 35.5. The second-order valence-electron chi connectivity index (χ2n) is 2.92. The maximum absolute atomic E-state index is 5.51. The molecule has 0 aromatic carbocycles. The molecule has 4 nitrogen and oxygen atoms in total. The summed E-state index contributed by atoms with van der Waals surface area (Å²) in [6, 6.07) is 0. The molecule has 0 bridgehead atoms. The molecule has 1 rings (SSSR count). The number of nitrogens with one attached hydrogen (secondary N) is 1. The Morgan fingerprint density at radius 2 is 2.54 bits per heavy atom.